The Morgan fingerprint density at radius 2 is 0.857 bits per heavy atom. The van der Waals surface area contributed by atoms with E-state index in [1.54, 1.807) is 0 Å². The molecule has 0 N–H and O–H groups in total. The molecule has 0 atom stereocenters. The highest BCUT2D eigenvalue weighted by atomic mass is 29.3. The predicted molar refractivity (Wildman–Crippen MR) is 139 cm³/mol. The summed E-state index contributed by atoms with van der Waals surface area (Å²) in [5.74, 6) is 0. The molecule has 2 fully saturated rings. The minimum absolute atomic E-state index is 0.536. The summed E-state index contributed by atoms with van der Waals surface area (Å²) < 4.78 is 1.76. The van der Waals surface area contributed by atoms with Gasteiger partial charge in [-0.15, -0.1) is 0 Å². The zero-order chi connectivity index (χ0) is 22.0. The van der Waals surface area contributed by atoms with Crippen LogP contribution >= 0.6 is 0 Å². The number of hydrogen-bond donors (Lipinski definition) is 0. The quantitative estimate of drug-likeness (QED) is 0.355. The van der Waals surface area contributed by atoms with E-state index in [2.05, 4.69) is 106 Å². The van der Waals surface area contributed by atoms with Crippen LogP contribution in [0.5, 0.6) is 0 Å². The van der Waals surface area contributed by atoms with E-state index in [1.807, 2.05) is 0 Å². The van der Waals surface area contributed by atoms with Crippen LogP contribution in [0.15, 0.2) is 10.4 Å². The van der Waals surface area contributed by atoms with Crippen LogP contribution in [0.2, 0.25) is 45.6 Å². The third kappa shape index (κ3) is 1.63. The van der Waals surface area contributed by atoms with Gasteiger partial charge in [-0.1, -0.05) is 119 Å². The fourth-order valence-corrected chi connectivity index (χ4v) is 93.0. The van der Waals surface area contributed by atoms with E-state index in [0.29, 0.717) is 10.1 Å². The van der Waals surface area contributed by atoms with Gasteiger partial charge in [-0.05, 0) is 32.2 Å². The zero-order valence-electron chi connectivity index (χ0n) is 21.8. The standard InChI is InChI=1S/C24H50Si4/c1-15-19-20(16-2)28(26(13,14)22(8,9)10)23(17-3)24(28,18-4)27(19,23)25(11,12)21(5,6)7/h15-18H2,1-14H3. The second kappa shape index (κ2) is 5.69. The fourth-order valence-electron chi connectivity index (χ4n) is 10.0. The van der Waals surface area contributed by atoms with Crippen LogP contribution in [-0.2, 0) is 0 Å². The predicted octanol–water partition coefficient (Wildman–Crippen LogP) is 8.67. The molecule has 4 aliphatic heterocycles. The van der Waals surface area contributed by atoms with Gasteiger partial charge in [-0.2, -0.15) is 0 Å². The van der Waals surface area contributed by atoms with Crippen molar-refractivity contribution in [3.63, 3.8) is 0 Å². The molecule has 2 saturated heterocycles. The second-order valence-corrected chi connectivity index (χ2v) is 43.6. The molecular weight excluding hydrogens is 401 g/mol. The summed E-state index contributed by atoms with van der Waals surface area (Å²) in [7, 11) is -5.50. The van der Waals surface area contributed by atoms with Crippen molar-refractivity contribution in [3.8, 4) is 0 Å². The highest BCUT2D eigenvalue weighted by Crippen LogP contribution is 3.15. The molecule has 4 aliphatic rings. The van der Waals surface area contributed by atoms with Crippen molar-refractivity contribution in [2.24, 2.45) is 0 Å². The summed E-state index contributed by atoms with van der Waals surface area (Å²) in [5.41, 5.74) is 0. The first kappa shape index (κ1) is 23.3. The van der Waals surface area contributed by atoms with Gasteiger partial charge in [0.05, 0.1) is 30.4 Å². The number of hydrogen-bond acceptors (Lipinski definition) is 0. The minimum Gasteiger partial charge on any atom is -0.0874 e. The molecule has 0 saturated carbocycles. The summed E-state index contributed by atoms with van der Waals surface area (Å²) in [6.45, 7) is 37.6. The summed E-state index contributed by atoms with van der Waals surface area (Å²) in [6, 6.07) is 0. The van der Waals surface area contributed by atoms with E-state index in [9.17, 15) is 0 Å². The van der Waals surface area contributed by atoms with E-state index in [1.165, 1.54) is 25.7 Å². The average Bonchev–Trinajstić information content (AvgIpc) is 3.23. The maximum Gasteiger partial charge on any atom is 0.0818 e. The van der Waals surface area contributed by atoms with Crippen LogP contribution in [0.25, 0.3) is 0 Å². The molecule has 2 bridgehead atoms. The van der Waals surface area contributed by atoms with E-state index < -0.39 is 30.4 Å². The second-order valence-electron chi connectivity index (χ2n) is 13.4. The van der Waals surface area contributed by atoms with Crippen LogP contribution in [0, 0.1) is 0 Å². The third-order valence-corrected chi connectivity index (χ3v) is 64.9. The lowest BCUT2D eigenvalue weighted by Crippen LogP contribution is -2.72. The summed E-state index contributed by atoms with van der Waals surface area (Å²) in [5, 5.41) is 5.44. The molecule has 0 nitrogen and oxygen atoms in total. The van der Waals surface area contributed by atoms with Crippen molar-refractivity contribution >= 4 is 30.4 Å². The van der Waals surface area contributed by atoms with Crippen molar-refractivity contribution in [1.82, 2.24) is 0 Å². The zero-order valence-corrected chi connectivity index (χ0v) is 25.8. The van der Waals surface area contributed by atoms with Gasteiger partial charge in [0.25, 0.3) is 0 Å². The number of rotatable bonds is 6. The maximum absolute atomic E-state index is 2.86. The summed E-state index contributed by atoms with van der Waals surface area (Å²) >= 11 is 0. The van der Waals surface area contributed by atoms with Crippen LogP contribution < -0.4 is 0 Å². The van der Waals surface area contributed by atoms with Crippen molar-refractivity contribution < 1.29 is 0 Å². The molecule has 4 heterocycles. The normalized spacial score (nSPS) is 40.1. The fraction of sp³-hybridized carbons (Fsp3) is 0.917. The first-order valence-electron chi connectivity index (χ1n) is 12.2. The van der Waals surface area contributed by atoms with Gasteiger partial charge >= 0.3 is 0 Å². The molecule has 0 spiro atoms. The lowest BCUT2D eigenvalue weighted by atomic mass is 10.2. The molecule has 0 aliphatic carbocycles. The first-order valence-corrected chi connectivity index (χ1v) is 24.2. The lowest BCUT2D eigenvalue weighted by Gasteiger charge is -2.56. The van der Waals surface area contributed by atoms with E-state index in [0.717, 1.165) is 9.32 Å². The maximum atomic E-state index is 2.86. The number of allylic oxidation sites excluding steroid dienone is 2. The molecule has 0 radical (unpaired) electrons. The van der Waals surface area contributed by atoms with Gasteiger partial charge in [-0.3, -0.25) is 0 Å². The SMILES string of the molecule is CCC1=C(CC)[Si]2([Si](C)(C)C(C)(C)C)C3(CC)C2(CC)[Si]13[Si](C)(C)C(C)(C)C. The molecule has 4 heteroatoms. The molecule has 4 rings (SSSR count). The summed E-state index contributed by atoms with van der Waals surface area (Å²) in [4.78, 5) is 0. The van der Waals surface area contributed by atoms with Gasteiger partial charge < -0.3 is 0 Å². The van der Waals surface area contributed by atoms with Crippen LogP contribution in [0.3, 0.4) is 0 Å². The van der Waals surface area contributed by atoms with Gasteiger partial charge in [0.15, 0.2) is 0 Å². The van der Waals surface area contributed by atoms with Crippen molar-refractivity contribution in [2.75, 3.05) is 0 Å². The largest absolute Gasteiger partial charge is 0.0874 e. The van der Waals surface area contributed by atoms with E-state index in [-0.39, 0.29) is 0 Å². The molecule has 0 unspecified atom stereocenters. The highest BCUT2D eigenvalue weighted by molar-refractivity contribution is 7.79. The van der Waals surface area contributed by atoms with Crippen LogP contribution in [-0.4, -0.2) is 30.4 Å². The van der Waals surface area contributed by atoms with Gasteiger partial charge in [0.2, 0.25) is 0 Å². The molecule has 0 amide bonds. The minimum atomic E-state index is -1.38. The molecular formula is C24H50Si4. The van der Waals surface area contributed by atoms with Gasteiger partial charge in [-0.25, -0.2) is 0 Å². The first-order chi connectivity index (χ1) is 12.5. The molecule has 0 aromatic carbocycles. The highest BCUT2D eigenvalue weighted by Gasteiger charge is 3.18. The third-order valence-electron chi connectivity index (χ3n) is 11.8. The average molecular weight is 451 g/mol. The van der Waals surface area contributed by atoms with Crippen molar-refractivity contribution in [2.45, 2.75) is 141 Å². The monoisotopic (exact) mass is 450 g/mol. The molecule has 0 aromatic heterocycles. The Morgan fingerprint density at radius 1 is 0.607 bits per heavy atom. The Balaban J connectivity index is 2.43. The smallest absolute Gasteiger partial charge is 0.0818 e. The Hall–Kier alpha value is 0.608. The Morgan fingerprint density at radius 3 is 1.00 bits per heavy atom. The molecule has 162 valence electrons. The van der Waals surface area contributed by atoms with Crippen LogP contribution in [0.4, 0.5) is 0 Å². The Labute approximate surface area is 181 Å². The van der Waals surface area contributed by atoms with Crippen LogP contribution in [0.1, 0.15) is 94.9 Å². The Kier molecular flexibility index (Phi) is 4.73. The molecule has 0 aromatic rings. The van der Waals surface area contributed by atoms with Gasteiger partial charge in [0, 0.05) is 0 Å². The van der Waals surface area contributed by atoms with Crippen molar-refractivity contribution in [3.05, 3.63) is 10.4 Å². The lowest BCUT2D eigenvalue weighted by molar-refractivity contribution is 0.730. The van der Waals surface area contributed by atoms with E-state index >= 15 is 0 Å². The molecule has 28 heavy (non-hydrogen) atoms. The van der Waals surface area contributed by atoms with Gasteiger partial charge in [0.1, 0.15) is 0 Å². The van der Waals surface area contributed by atoms with E-state index in [4.69, 9.17) is 0 Å². The Bertz CT molecular complexity index is 657. The summed E-state index contributed by atoms with van der Waals surface area (Å²) in [6.07, 6.45) is 5.86. The van der Waals surface area contributed by atoms with Crippen molar-refractivity contribution in [1.29, 1.82) is 0 Å². The topological polar surface area (TPSA) is 0 Å².